The van der Waals surface area contributed by atoms with Crippen LogP contribution in [0.2, 0.25) is 0 Å². The number of benzene rings is 2. The molecule has 0 fully saturated rings. The van der Waals surface area contributed by atoms with E-state index in [1.807, 2.05) is 61.7 Å². The average molecular weight is 445 g/mol. The second kappa shape index (κ2) is 8.31. The molecule has 0 aliphatic heterocycles. The largest absolute Gasteiger partial charge is 0.330 e. The first-order chi connectivity index (χ1) is 15.5. The number of fused-ring (bicyclic) bond motifs is 1. The van der Waals surface area contributed by atoms with Crippen LogP contribution in [0.3, 0.4) is 0 Å². The highest BCUT2D eigenvalue weighted by molar-refractivity contribution is 7.15. The number of rotatable bonds is 6. The van der Waals surface area contributed by atoms with Crippen LogP contribution < -0.4 is 10.9 Å². The van der Waals surface area contributed by atoms with Crippen LogP contribution >= 0.6 is 11.3 Å². The van der Waals surface area contributed by atoms with E-state index in [4.69, 9.17) is 0 Å². The highest BCUT2D eigenvalue weighted by Gasteiger charge is 2.12. The van der Waals surface area contributed by atoms with E-state index in [0.717, 1.165) is 26.9 Å². The Balaban J connectivity index is 1.32. The first-order valence-electron chi connectivity index (χ1n) is 10.1. The molecule has 0 saturated heterocycles. The van der Waals surface area contributed by atoms with Crippen LogP contribution in [0.5, 0.6) is 0 Å². The van der Waals surface area contributed by atoms with Crippen LogP contribution in [0.1, 0.15) is 22.0 Å². The third-order valence-electron chi connectivity index (χ3n) is 4.99. The fourth-order valence-electron chi connectivity index (χ4n) is 3.39. The van der Waals surface area contributed by atoms with E-state index in [-0.39, 0.29) is 5.56 Å². The lowest BCUT2D eigenvalue weighted by Crippen LogP contribution is -2.24. The maximum atomic E-state index is 12.7. The second-order valence-electron chi connectivity index (χ2n) is 7.48. The van der Waals surface area contributed by atoms with Crippen molar-refractivity contribution in [1.82, 2.24) is 34.7 Å². The molecule has 160 valence electrons. The Bertz CT molecular complexity index is 1450. The fraction of sp³-hybridized carbons (Fsp3) is 0.182. The summed E-state index contributed by atoms with van der Waals surface area (Å²) in [4.78, 5) is 17.1. The van der Waals surface area contributed by atoms with Crippen molar-refractivity contribution < 1.29 is 0 Å². The lowest BCUT2D eigenvalue weighted by atomic mass is 10.2. The van der Waals surface area contributed by atoms with Crippen molar-refractivity contribution in [2.75, 3.05) is 5.32 Å². The SMILES string of the molecule is Cc1ccc(Nc2nnc(Cn3cc(Cn4c(=O)c(C)nc5ccccc54)nn3)s2)cc1. The molecule has 10 heteroatoms. The summed E-state index contributed by atoms with van der Waals surface area (Å²) in [5, 5.41) is 21.7. The number of aryl methyl sites for hydroxylation is 2. The molecular weight excluding hydrogens is 424 g/mol. The molecule has 0 unspecified atom stereocenters. The maximum absolute atomic E-state index is 12.7. The minimum atomic E-state index is -0.130. The highest BCUT2D eigenvalue weighted by atomic mass is 32.1. The lowest BCUT2D eigenvalue weighted by molar-refractivity contribution is 0.642. The second-order valence-corrected chi connectivity index (χ2v) is 8.54. The van der Waals surface area contributed by atoms with Gasteiger partial charge in [0.2, 0.25) is 5.13 Å². The van der Waals surface area contributed by atoms with E-state index in [2.05, 4.69) is 30.8 Å². The smallest absolute Gasteiger partial charge is 0.272 e. The Morgan fingerprint density at radius 2 is 1.78 bits per heavy atom. The Morgan fingerprint density at radius 1 is 0.969 bits per heavy atom. The van der Waals surface area contributed by atoms with Gasteiger partial charge in [-0.05, 0) is 38.1 Å². The molecule has 5 aromatic rings. The van der Waals surface area contributed by atoms with Gasteiger partial charge in [-0.2, -0.15) is 0 Å². The standard InChI is InChI=1S/C22H20N8OS/c1-14-7-9-16(10-8-14)24-22-27-26-20(32-22)13-29-11-17(25-28-29)12-30-19-6-4-3-5-18(19)23-15(2)21(30)31/h3-11H,12-13H2,1-2H3,(H,24,27). The number of nitrogens with zero attached hydrogens (tertiary/aromatic N) is 7. The topological polar surface area (TPSA) is 103 Å². The number of anilines is 2. The van der Waals surface area contributed by atoms with E-state index in [1.165, 1.54) is 16.9 Å². The molecule has 3 heterocycles. The van der Waals surface area contributed by atoms with Crippen LogP contribution in [0.15, 0.2) is 59.5 Å². The molecule has 3 aromatic heterocycles. The molecule has 0 aliphatic carbocycles. The van der Waals surface area contributed by atoms with Gasteiger partial charge in [-0.25, -0.2) is 9.67 Å². The van der Waals surface area contributed by atoms with Crippen LogP contribution in [0.4, 0.5) is 10.8 Å². The molecule has 0 aliphatic rings. The van der Waals surface area contributed by atoms with Crippen molar-refractivity contribution in [1.29, 1.82) is 0 Å². The number of nitrogens with one attached hydrogen (secondary N) is 1. The summed E-state index contributed by atoms with van der Waals surface area (Å²) in [5.41, 5.74) is 4.73. The molecule has 0 atom stereocenters. The van der Waals surface area contributed by atoms with E-state index in [0.29, 0.717) is 24.5 Å². The predicted molar refractivity (Wildman–Crippen MR) is 123 cm³/mol. The molecule has 0 bridgehead atoms. The molecule has 5 rings (SSSR count). The summed E-state index contributed by atoms with van der Waals surface area (Å²) in [6.45, 7) is 4.54. The van der Waals surface area contributed by atoms with Gasteiger partial charge >= 0.3 is 0 Å². The van der Waals surface area contributed by atoms with Gasteiger partial charge in [0.1, 0.15) is 16.4 Å². The molecule has 9 nitrogen and oxygen atoms in total. The minimum absolute atomic E-state index is 0.130. The van der Waals surface area contributed by atoms with Gasteiger partial charge in [-0.3, -0.25) is 9.36 Å². The van der Waals surface area contributed by atoms with Crippen molar-refractivity contribution in [2.45, 2.75) is 26.9 Å². The third kappa shape index (κ3) is 4.12. The molecule has 2 aromatic carbocycles. The van der Waals surface area contributed by atoms with Gasteiger partial charge in [0, 0.05) is 5.69 Å². The fourth-order valence-corrected chi connectivity index (χ4v) is 4.15. The summed E-state index contributed by atoms with van der Waals surface area (Å²) in [5.74, 6) is 0. The van der Waals surface area contributed by atoms with Crippen LogP contribution in [0.25, 0.3) is 11.0 Å². The van der Waals surface area contributed by atoms with Gasteiger partial charge in [0.15, 0.2) is 0 Å². The highest BCUT2D eigenvalue weighted by Crippen LogP contribution is 2.21. The summed E-state index contributed by atoms with van der Waals surface area (Å²) in [6, 6.07) is 15.7. The first kappa shape index (κ1) is 20.0. The summed E-state index contributed by atoms with van der Waals surface area (Å²) >= 11 is 1.46. The zero-order valence-electron chi connectivity index (χ0n) is 17.6. The zero-order valence-corrected chi connectivity index (χ0v) is 18.4. The quantitative estimate of drug-likeness (QED) is 0.429. The van der Waals surface area contributed by atoms with Gasteiger partial charge in [0.25, 0.3) is 5.56 Å². The van der Waals surface area contributed by atoms with Crippen LogP contribution in [-0.2, 0) is 13.1 Å². The number of hydrogen-bond acceptors (Lipinski definition) is 8. The Morgan fingerprint density at radius 3 is 2.62 bits per heavy atom. The van der Waals surface area contributed by atoms with Gasteiger partial charge in [-0.15, -0.1) is 15.3 Å². The lowest BCUT2D eigenvalue weighted by Gasteiger charge is -2.09. The van der Waals surface area contributed by atoms with Crippen molar-refractivity contribution in [3.05, 3.63) is 87.0 Å². The molecule has 0 saturated carbocycles. The van der Waals surface area contributed by atoms with E-state index in [9.17, 15) is 4.79 Å². The van der Waals surface area contributed by atoms with E-state index < -0.39 is 0 Å². The number of aromatic nitrogens is 7. The molecule has 1 N–H and O–H groups in total. The number of para-hydroxylation sites is 2. The summed E-state index contributed by atoms with van der Waals surface area (Å²) in [7, 11) is 0. The molecule has 0 radical (unpaired) electrons. The van der Waals surface area contributed by atoms with Crippen molar-refractivity contribution in [2.24, 2.45) is 0 Å². The van der Waals surface area contributed by atoms with E-state index in [1.54, 1.807) is 16.2 Å². The number of hydrogen-bond donors (Lipinski definition) is 1. The van der Waals surface area contributed by atoms with Crippen LogP contribution in [0, 0.1) is 13.8 Å². The summed E-state index contributed by atoms with van der Waals surface area (Å²) < 4.78 is 3.38. The Kier molecular flexibility index (Phi) is 5.20. The molecule has 0 spiro atoms. The predicted octanol–water partition coefficient (Wildman–Crippen LogP) is 3.30. The molecule has 32 heavy (non-hydrogen) atoms. The average Bonchev–Trinajstić information content (AvgIpc) is 3.42. The Hall–Kier alpha value is -3.92. The first-order valence-corrected chi connectivity index (χ1v) is 10.9. The van der Waals surface area contributed by atoms with Gasteiger partial charge in [0.05, 0.1) is 30.3 Å². The summed E-state index contributed by atoms with van der Waals surface area (Å²) in [6.07, 6.45) is 1.82. The zero-order chi connectivity index (χ0) is 22.1. The van der Waals surface area contributed by atoms with Gasteiger partial charge in [-0.1, -0.05) is 46.4 Å². The monoisotopic (exact) mass is 444 g/mol. The van der Waals surface area contributed by atoms with Crippen LogP contribution in [-0.4, -0.2) is 34.7 Å². The molecular formula is C22H20N8OS. The van der Waals surface area contributed by atoms with E-state index >= 15 is 0 Å². The minimum Gasteiger partial charge on any atom is -0.330 e. The normalized spacial score (nSPS) is 11.2. The Labute approximate surface area is 187 Å². The van der Waals surface area contributed by atoms with Gasteiger partial charge < -0.3 is 5.32 Å². The van der Waals surface area contributed by atoms with Crippen molar-refractivity contribution >= 4 is 33.2 Å². The third-order valence-corrected chi connectivity index (χ3v) is 5.81. The van der Waals surface area contributed by atoms with Crippen molar-refractivity contribution in [3.63, 3.8) is 0 Å². The van der Waals surface area contributed by atoms with Crippen molar-refractivity contribution in [3.8, 4) is 0 Å². The molecule has 0 amide bonds. The maximum Gasteiger partial charge on any atom is 0.272 e.